The van der Waals surface area contributed by atoms with Gasteiger partial charge in [-0.05, 0) is 25.8 Å². The Morgan fingerprint density at radius 2 is 2.00 bits per heavy atom. The molecule has 0 saturated heterocycles. The molecule has 0 aliphatic heterocycles. The van der Waals surface area contributed by atoms with Crippen molar-refractivity contribution in [1.29, 1.82) is 0 Å². The molecular formula is C10H18O3. The molecule has 0 aromatic heterocycles. The lowest BCUT2D eigenvalue weighted by molar-refractivity contribution is -0.147. The van der Waals surface area contributed by atoms with E-state index in [1.54, 1.807) is 6.92 Å². The number of esters is 1. The normalized spacial score (nSPS) is 11.6. The van der Waals surface area contributed by atoms with Crippen molar-refractivity contribution < 1.29 is 14.3 Å². The molecule has 0 heterocycles. The van der Waals surface area contributed by atoms with Gasteiger partial charge < -0.3 is 9.47 Å². The van der Waals surface area contributed by atoms with Crippen molar-refractivity contribution in [2.75, 3.05) is 13.2 Å². The summed E-state index contributed by atoms with van der Waals surface area (Å²) in [4.78, 5) is 10.9. The van der Waals surface area contributed by atoms with Crippen LogP contribution in [0.15, 0.2) is 11.8 Å². The van der Waals surface area contributed by atoms with Gasteiger partial charge in [0.15, 0.2) is 6.61 Å². The van der Waals surface area contributed by atoms with Crippen LogP contribution >= 0.6 is 0 Å². The Morgan fingerprint density at radius 3 is 2.46 bits per heavy atom. The van der Waals surface area contributed by atoms with Crippen molar-refractivity contribution in [3.63, 3.8) is 0 Å². The van der Waals surface area contributed by atoms with Gasteiger partial charge in [-0.1, -0.05) is 13.8 Å². The molecule has 0 bridgehead atoms. The number of allylic oxidation sites excluding steroid dienone is 2. The van der Waals surface area contributed by atoms with Crippen molar-refractivity contribution >= 4 is 5.97 Å². The molecule has 0 aromatic carbocycles. The quantitative estimate of drug-likeness (QED) is 0.487. The van der Waals surface area contributed by atoms with E-state index >= 15 is 0 Å². The highest BCUT2D eigenvalue weighted by Crippen LogP contribution is 2.02. The highest BCUT2D eigenvalue weighted by atomic mass is 16.6. The molecule has 13 heavy (non-hydrogen) atoms. The Labute approximate surface area is 79.7 Å². The van der Waals surface area contributed by atoms with E-state index in [4.69, 9.17) is 9.47 Å². The van der Waals surface area contributed by atoms with E-state index in [0.717, 1.165) is 5.76 Å². The second kappa shape index (κ2) is 6.52. The first-order valence-electron chi connectivity index (χ1n) is 4.53. The Bertz CT molecular complexity index is 183. The molecule has 0 atom stereocenters. The van der Waals surface area contributed by atoms with Gasteiger partial charge in [0, 0.05) is 0 Å². The maximum atomic E-state index is 10.9. The van der Waals surface area contributed by atoms with Crippen molar-refractivity contribution in [3.05, 3.63) is 11.8 Å². The van der Waals surface area contributed by atoms with E-state index in [2.05, 4.69) is 13.8 Å². The maximum Gasteiger partial charge on any atom is 0.344 e. The lowest BCUT2D eigenvalue weighted by Gasteiger charge is -2.06. The molecule has 0 fully saturated rings. The first-order valence-corrected chi connectivity index (χ1v) is 4.53. The third-order valence-electron chi connectivity index (χ3n) is 1.29. The monoisotopic (exact) mass is 186 g/mol. The predicted octanol–water partition coefficient (Wildman–Crippen LogP) is 2.13. The summed E-state index contributed by atoms with van der Waals surface area (Å²) in [5.74, 6) is 0.879. The predicted molar refractivity (Wildman–Crippen MR) is 51.2 cm³/mol. The number of ether oxygens (including phenoxy) is 2. The van der Waals surface area contributed by atoms with Gasteiger partial charge in [-0.15, -0.1) is 0 Å². The van der Waals surface area contributed by atoms with Gasteiger partial charge in [-0.3, -0.25) is 0 Å². The van der Waals surface area contributed by atoms with Gasteiger partial charge in [0.25, 0.3) is 0 Å². The van der Waals surface area contributed by atoms with Crippen LogP contribution in [0.4, 0.5) is 0 Å². The van der Waals surface area contributed by atoms with Crippen molar-refractivity contribution in [2.24, 2.45) is 5.92 Å². The molecule has 0 unspecified atom stereocenters. The van der Waals surface area contributed by atoms with Crippen LogP contribution in [-0.2, 0) is 14.3 Å². The summed E-state index contributed by atoms with van der Waals surface area (Å²) < 4.78 is 9.86. The van der Waals surface area contributed by atoms with Crippen LogP contribution in [0.2, 0.25) is 0 Å². The summed E-state index contributed by atoms with van der Waals surface area (Å²) in [6.45, 7) is 8.11. The summed E-state index contributed by atoms with van der Waals surface area (Å²) in [5, 5.41) is 0. The second-order valence-corrected chi connectivity index (χ2v) is 3.12. The van der Waals surface area contributed by atoms with E-state index in [1.807, 2.05) is 13.0 Å². The first kappa shape index (κ1) is 12.0. The largest absolute Gasteiger partial charge is 0.487 e. The fourth-order valence-corrected chi connectivity index (χ4v) is 0.893. The number of carbonyl (C=O) groups is 1. The van der Waals surface area contributed by atoms with Crippen molar-refractivity contribution in [3.8, 4) is 0 Å². The lowest BCUT2D eigenvalue weighted by Crippen LogP contribution is -2.11. The van der Waals surface area contributed by atoms with Gasteiger partial charge in [0.2, 0.25) is 0 Å². The third-order valence-corrected chi connectivity index (χ3v) is 1.29. The minimum absolute atomic E-state index is 0.00287. The smallest absolute Gasteiger partial charge is 0.344 e. The number of carbonyl (C=O) groups excluding carboxylic acids is 1. The van der Waals surface area contributed by atoms with Gasteiger partial charge in [0.1, 0.15) is 0 Å². The average molecular weight is 186 g/mol. The molecule has 3 nitrogen and oxygen atoms in total. The molecule has 0 aliphatic carbocycles. The molecule has 0 rings (SSSR count). The second-order valence-electron chi connectivity index (χ2n) is 3.12. The summed E-state index contributed by atoms with van der Waals surface area (Å²) in [7, 11) is 0. The zero-order valence-electron chi connectivity index (χ0n) is 8.79. The average Bonchev–Trinajstić information content (AvgIpc) is 2.00. The van der Waals surface area contributed by atoms with E-state index in [1.165, 1.54) is 0 Å². The fourth-order valence-electron chi connectivity index (χ4n) is 0.893. The van der Waals surface area contributed by atoms with Gasteiger partial charge in [-0.2, -0.15) is 0 Å². The van der Waals surface area contributed by atoms with Crippen molar-refractivity contribution in [1.82, 2.24) is 0 Å². The van der Waals surface area contributed by atoms with Crippen LogP contribution in [-0.4, -0.2) is 19.2 Å². The van der Waals surface area contributed by atoms with Crippen LogP contribution in [0.5, 0.6) is 0 Å². The van der Waals surface area contributed by atoms with Crippen LogP contribution in [0.1, 0.15) is 27.7 Å². The molecule has 3 heteroatoms. The van der Waals surface area contributed by atoms with E-state index in [0.29, 0.717) is 12.5 Å². The highest BCUT2D eigenvalue weighted by molar-refractivity contribution is 5.70. The Hall–Kier alpha value is -0.990. The molecular weight excluding hydrogens is 168 g/mol. The van der Waals surface area contributed by atoms with Crippen molar-refractivity contribution in [2.45, 2.75) is 27.7 Å². The summed E-state index contributed by atoms with van der Waals surface area (Å²) in [6.07, 6.45) is 1.96. The highest BCUT2D eigenvalue weighted by Gasteiger charge is 2.01. The fraction of sp³-hybridized carbons (Fsp3) is 0.700. The molecule has 0 aliphatic rings. The Morgan fingerprint density at radius 1 is 1.38 bits per heavy atom. The SMILES string of the molecule is CCOC(=O)CO/C(C)=C/C(C)C. The van der Waals surface area contributed by atoms with Crippen LogP contribution < -0.4 is 0 Å². The van der Waals surface area contributed by atoms with Crippen LogP contribution in [0, 0.1) is 5.92 Å². The Kier molecular flexibility index (Phi) is 6.02. The van der Waals surface area contributed by atoms with Gasteiger partial charge >= 0.3 is 5.97 Å². The molecule has 0 aromatic rings. The van der Waals surface area contributed by atoms with Gasteiger partial charge in [-0.25, -0.2) is 4.79 Å². The van der Waals surface area contributed by atoms with Gasteiger partial charge in [0.05, 0.1) is 12.4 Å². The number of hydrogen-bond acceptors (Lipinski definition) is 3. The zero-order valence-corrected chi connectivity index (χ0v) is 8.79. The molecule has 0 amide bonds. The van der Waals surface area contributed by atoms with E-state index < -0.39 is 0 Å². The molecule has 0 N–H and O–H groups in total. The molecule has 0 radical (unpaired) electrons. The number of hydrogen-bond donors (Lipinski definition) is 0. The molecule has 76 valence electrons. The molecule has 0 saturated carbocycles. The summed E-state index contributed by atoms with van der Waals surface area (Å²) in [6, 6.07) is 0. The summed E-state index contributed by atoms with van der Waals surface area (Å²) in [5.41, 5.74) is 0. The lowest BCUT2D eigenvalue weighted by atomic mass is 10.2. The van der Waals surface area contributed by atoms with E-state index in [9.17, 15) is 4.79 Å². The van der Waals surface area contributed by atoms with E-state index in [-0.39, 0.29) is 12.6 Å². The Balaban J connectivity index is 3.69. The standard InChI is InChI=1S/C10H18O3/c1-5-12-10(11)7-13-9(4)6-8(2)3/h6,8H,5,7H2,1-4H3/b9-6+. The minimum Gasteiger partial charge on any atom is -0.487 e. The summed E-state index contributed by atoms with van der Waals surface area (Å²) >= 11 is 0. The van der Waals surface area contributed by atoms with Crippen LogP contribution in [0.3, 0.4) is 0 Å². The maximum absolute atomic E-state index is 10.9. The number of rotatable bonds is 5. The first-order chi connectivity index (χ1) is 6.06. The molecule has 0 spiro atoms. The van der Waals surface area contributed by atoms with Crippen LogP contribution in [0.25, 0.3) is 0 Å². The zero-order chi connectivity index (χ0) is 10.3. The third kappa shape index (κ3) is 7.37. The topological polar surface area (TPSA) is 35.5 Å². The minimum atomic E-state index is -0.320.